The minimum atomic E-state index is -1.47. The van der Waals surface area contributed by atoms with Crippen molar-refractivity contribution in [3.05, 3.63) is 12.2 Å². The second-order valence-corrected chi connectivity index (χ2v) is 2.87. The minimum absolute atomic E-state index is 0.558. The van der Waals surface area contributed by atoms with Crippen LogP contribution in [0, 0.1) is 0 Å². The molecule has 14 heteroatoms. The number of aliphatic hydroxyl groups is 3. The molecule has 0 aliphatic rings. The standard InChI is InChI=1S/C5H8O6.C4H4O4.CH4O2.2CH2O/c6-2-11-3(5(9)10)1-4(7)8;5-3(6)1-2-4(7)8;2-1-3;2*1-2/h3,6H,1-2H2,(H,7,8)(H,9,10);1-2H,(H,5,6)(H,7,8);2-3H,1H2;2*1H2/b;2-1-;;;. The molecule has 0 saturated carbocycles. The van der Waals surface area contributed by atoms with Crippen molar-refractivity contribution in [2.24, 2.45) is 0 Å². The van der Waals surface area contributed by atoms with Crippen molar-refractivity contribution in [2.45, 2.75) is 12.5 Å². The van der Waals surface area contributed by atoms with Gasteiger partial charge in [0.2, 0.25) is 0 Å². The summed E-state index contributed by atoms with van der Waals surface area (Å²) >= 11 is 0. The van der Waals surface area contributed by atoms with E-state index in [1.807, 2.05) is 13.6 Å². The van der Waals surface area contributed by atoms with E-state index in [1.165, 1.54) is 0 Å². The molecule has 0 aliphatic heterocycles. The Labute approximate surface area is 146 Å². The summed E-state index contributed by atoms with van der Waals surface area (Å²) in [4.78, 5) is 55.2. The van der Waals surface area contributed by atoms with Crippen LogP contribution in [-0.2, 0) is 33.5 Å². The normalized spacial score (nSPS) is 9.19. The van der Waals surface area contributed by atoms with Crippen LogP contribution < -0.4 is 0 Å². The smallest absolute Gasteiger partial charge is 0.333 e. The third kappa shape index (κ3) is 49.8. The van der Waals surface area contributed by atoms with Crippen LogP contribution in [0.25, 0.3) is 0 Å². The predicted molar refractivity (Wildman–Crippen MR) is 79.8 cm³/mol. The van der Waals surface area contributed by atoms with E-state index in [2.05, 4.69) is 4.74 Å². The first-order valence-corrected chi connectivity index (χ1v) is 5.72. The topological polar surface area (TPSA) is 253 Å². The maximum atomic E-state index is 10.1. The number of aliphatic hydroxyl groups excluding tert-OH is 2. The number of carbonyl (C=O) groups excluding carboxylic acids is 2. The summed E-state index contributed by atoms with van der Waals surface area (Å²) in [5.74, 6) is -5.20. The minimum Gasteiger partial charge on any atom is -0.481 e. The van der Waals surface area contributed by atoms with E-state index in [-0.39, 0.29) is 0 Å². The van der Waals surface area contributed by atoms with Crippen molar-refractivity contribution < 1.29 is 69.2 Å². The Kier molecular flexibility index (Phi) is 39.2. The lowest BCUT2D eigenvalue weighted by molar-refractivity contribution is -0.163. The molecule has 0 aromatic carbocycles. The number of rotatable bonds is 7. The van der Waals surface area contributed by atoms with Crippen molar-refractivity contribution in [3.63, 3.8) is 0 Å². The van der Waals surface area contributed by atoms with Gasteiger partial charge in [0.05, 0.1) is 6.42 Å². The van der Waals surface area contributed by atoms with Gasteiger partial charge in [0.25, 0.3) is 0 Å². The van der Waals surface area contributed by atoms with Crippen molar-refractivity contribution in [2.75, 3.05) is 13.6 Å². The van der Waals surface area contributed by atoms with Gasteiger partial charge >= 0.3 is 23.9 Å². The van der Waals surface area contributed by atoms with Crippen molar-refractivity contribution in [1.82, 2.24) is 0 Å². The molecule has 0 amide bonds. The zero-order valence-corrected chi connectivity index (χ0v) is 13.3. The molecule has 0 rings (SSSR count). The number of carbonyl (C=O) groups is 6. The van der Waals surface area contributed by atoms with Crippen LogP contribution in [0.15, 0.2) is 12.2 Å². The Hall–Kier alpha value is -3.20. The van der Waals surface area contributed by atoms with Gasteiger partial charge in [-0.25, -0.2) is 14.4 Å². The summed E-state index contributed by atoms with van der Waals surface area (Å²) in [6.07, 6.45) is -1.02. The molecule has 0 aromatic heterocycles. The first-order chi connectivity index (χ1) is 12.1. The Bertz CT molecular complexity index is 387. The van der Waals surface area contributed by atoms with Crippen molar-refractivity contribution in [3.8, 4) is 0 Å². The average Bonchev–Trinajstić information content (AvgIpc) is 2.57. The maximum absolute atomic E-state index is 10.1. The summed E-state index contributed by atoms with van der Waals surface area (Å²) in [6, 6.07) is 0. The number of ether oxygens (including phenoxy) is 1. The highest BCUT2D eigenvalue weighted by Crippen LogP contribution is 1.97. The molecule has 0 aromatic rings. The molecule has 0 bridgehead atoms. The van der Waals surface area contributed by atoms with E-state index in [4.69, 9.17) is 45.3 Å². The van der Waals surface area contributed by atoms with E-state index >= 15 is 0 Å². The Morgan fingerprint density at radius 1 is 0.808 bits per heavy atom. The van der Waals surface area contributed by atoms with Crippen LogP contribution in [-0.4, -0.2) is 92.9 Å². The van der Waals surface area contributed by atoms with Gasteiger partial charge in [-0.2, -0.15) is 0 Å². The van der Waals surface area contributed by atoms with Crippen LogP contribution in [0.3, 0.4) is 0 Å². The number of carboxylic acids is 4. The van der Waals surface area contributed by atoms with Gasteiger partial charge in [0, 0.05) is 12.2 Å². The Morgan fingerprint density at radius 3 is 1.27 bits per heavy atom. The van der Waals surface area contributed by atoms with Gasteiger partial charge in [0.1, 0.15) is 27.2 Å². The molecule has 152 valence electrons. The maximum Gasteiger partial charge on any atom is 0.333 e. The summed E-state index contributed by atoms with van der Waals surface area (Å²) in [5, 5.41) is 54.4. The van der Waals surface area contributed by atoms with Gasteiger partial charge in [0.15, 0.2) is 6.10 Å². The number of hydrogen-bond acceptors (Lipinski definition) is 10. The second-order valence-electron chi connectivity index (χ2n) is 2.87. The molecular weight excluding hydrogens is 368 g/mol. The van der Waals surface area contributed by atoms with Crippen LogP contribution in [0.5, 0.6) is 0 Å². The molecule has 0 saturated heterocycles. The Morgan fingerprint density at radius 2 is 1.12 bits per heavy atom. The third-order valence-electron chi connectivity index (χ3n) is 1.28. The van der Waals surface area contributed by atoms with Gasteiger partial charge in [-0.1, -0.05) is 0 Å². The van der Waals surface area contributed by atoms with Crippen LogP contribution in [0.1, 0.15) is 6.42 Å². The molecule has 26 heavy (non-hydrogen) atoms. The van der Waals surface area contributed by atoms with Crippen molar-refractivity contribution in [1.29, 1.82) is 0 Å². The van der Waals surface area contributed by atoms with Crippen LogP contribution >= 0.6 is 0 Å². The number of aliphatic carboxylic acids is 4. The molecule has 14 nitrogen and oxygen atoms in total. The second kappa shape index (κ2) is 29.8. The first-order valence-electron chi connectivity index (χ1n) is 5.72. The SMILES string of the molecule is C=O.C=O.O=C(O)/C=C\C(=O)O.O=C(O)CC(OCO)C(=O)O.OCO. The quantitative estimate of drug-likeness (QED) is 0.171. The van der Waals surface area contributed by atoms with Gasteiger partial charge < -0.3 is 50.1 Å². The first kappa shape index (κ1) is 34.2. The highest BCUT2D eigenvalue weighted by atomic mass is 16.6. The molecule has 1 atom stereocenters. The fraction of sp³-hybridized carbons (Fsp3) is 0.333. The molecule has 0 radical (unpaired) electrons. The van der Waals surface area contributed by atoms with Gasteiger partial charge in [-0.3, -0.25) is 4.79 Å². The summed E-state index contributed by atoms with van der Waals surface area (Å²) < 4.78 is 4.19. The zero-order chi connectivity index (χ0) is 22.1. The fourth-order valence-electron chi connectivity index (χ4n) is 0.609. The molecular formula is C12H20O14. The largest absolute Gasteiger partial charge is 0.481 e. The molecule has 0 heterocycles. The van der Waals surface area contributed by atoms with Crippen molar-refractivity contribution >= 4 is 37.5 Å². The molecule has 7 N–H and O–H groups in total. The molecule has 1 unspecified atom stereocenters. The lowest BCUT2D eigenvalue weighted by atomic mass is 10.2. The number of hydrogen-bond donors (Lipinski definition) is 7. The van der Waals surface area contributed by atoms with E-state index in [0.29, 0.717) is 12.2 Å². The lowest BCUT2D eigenvalue weighted by Crippen LogP contribution is -2.27. The Balaban J connectivity index is -0.0000000858. The lowest BCUT2D eigenvalue weighted by Gasteiger charge is -2.07. The van der Waals surface area contributed by atoms with E-state index in [9.17, 15) is 19.2 Å². The van der Waals surface area contributed by atoms with E-state index in [0.717, 1.165) is 0 Å². The highest BCUT2D eigenvalue weighted by molar-refractivity contribution is 5.89. The van der Waals surface area contributed by atoms with Crippen LogP contribution in [0.4, 0.5) is 0 Å². The average molecular weight is 388 g/mol. The summed E-state index contributed by atoms with van der Waals surface area (Å²) in [5.41, 5.74) is 0. The summed E-state index contributed by atoms with van der Waals surface area (Å²) in [7, 11) is 0. The van der Waals surface area contributed by atoms with E-state index in [1.54, 1.807) is 0 Å². The monoisotopic (exact) mass is 388 g/mol. The third-order valence-corrected chi connectivity index (χ3v) is 1.28. The molecule has 0 fully saturated rings. The van der Waals surface area contributed by atoms with E-state index < -0.39 is 50.0 Å². The molecule has 0 spiro atoms. The predicted octanol–water partition coefficient (Wildman–Crippen LogP) is -2.85. The van der Waals surface area contributed by atoms with Gasteiger partial charge in [-0.05, 0) is 0 Å². The summed E-state index contributed by atoms with van der Waals surface area (Å²) in [6.45, 7) is 2.45. The highest BCUT2D eigenvalue weighted by Gasteiger charge is 2.20. The molecule has 0 aliphatic carbocycles. The number of carboxylic acid groups (broad SMARTS) is 4. The zero-order valence-electron chi connectivity index (χ0n) is 13.3. The fourth-order valence-corrected chi connectivity index (χ4v) is 0.609. The van der Waals surface area contributed by atoms with Crippen LogP contribution in [0.2, 0.25) is 0 Å². The van der Waals surface area contributed by atoms with Gasteiger partial charge in [-0.15, -0.1) is 0 Å².